The number of nitrogens with one attached hydrogen (secondary N) is 1. The minimum absolute atomic E-state index is 0.169. The van der Waals surface area contributed by atoms with Crippen molar-refractivity contribution >= 4 is 18.5 Å². The Labute approximate surface area is 107 Å². The molecule has 1 aliphatic rings. The molecular weight excluding hydrogens is 234 g/mol. The molecule has 0 radical (unpaired) electrons. The zero-order valence-corrected chi connectivity index (χ0v) is 10.8. The summed E-state index contributed by atoms with van der Waals surface area (Å²) in [5.41, 5.74) is 0.220. The monoisotopic (exact) mass is 253 g/mol. The van der Waals surface area contributed by atoms with Gasteiger partial charge < -0.3 is 9.88 Å². The average Bonchev–Trinajstić information content (AvgIpc) is 2.90. The molecule has 0 aromatic carbocycles. The molecule has 0 atom stereocenters. The van der Waals surface area contributed by atoms with E-state index in [1.165, 1.54) is 0 Å². The van der Waals surface area contributed by atoms with Crippen LogP contribution in [-0.2, 0) is 11.3 Å². The van der Waals surface area contributed by atoms with Crippen molar-refractivity contribution < 1.29 is 4.79 Å². The van der Waals surface area contributed by atoms with Gasteiger partial charge in [-0.25, -0.2) is 4.98 Å². The van der Waals surface area contributed by atoms with Crippen molar-refractivity contribution in [1.29, 1.82) is 0 Å². The molecule has 5 heteroatoms. The first-order valence-corrected chi connectivity index (χ1v) is 6.71. The Morgan fingerprint density at radius 1 is 1.53 bits per heavy atom. The largest absolute Gasteiger partial charge is 0.356 e. The van der Waals surface area contributed by atoms with Gasteiger partial charge in [-0.05, 0) is 30.4 Å². The number of imidazole rings is 1. The van der Waals surface area contributed by atoms with Crippen molar-refractivity contribution in [2.45, 2.75) is 32.2 Å². The zero-order chi connectivity index (χ0) is 12.1. The normalized spacial score (nSPS) is 16.8. The van der Waals surface area contributed by atoms with Crippen LogP contribution in [0.15, 0.2) is 18.7 Å². The number of hydrogen-bond donors (Lipinski definition) is 2. The summed E-state index contributed by atoms with van der Waals surface area (Å²) in [6, 6.07) is 0. The van der Waals surface area contributed by atoms with Crippen LogP contribution in [0.1, 0.15) is 25.7 Å². The minimum atomic E-state index is 0.169. The van der Waals surface area contributed by atoms with E-state index in [-0.39, 0.29) is 11.3 Å². The minimum Gasteiger partial charge on any atom is -0.356 e. The molecule has 1 N–H and O–H groups in total. The fraction of sp³-hybridized carbons (Fsp3) is 0.667. The Kier molecular flexibility index (Phi) is 4.10. The molecule has 1 aliphatic carbocycles. The number of carbonyl (C=O) groups is 1. The van der Waals surface area contributed by atoms with Gasteiger partial charge in [0.2, 0.25) is 5.91 Å². The molecule has 4 nitrogen and oxygen atoms in total. The van der Waals surface area contributed by atoms with E-state index in [0.717, 1.165) is 38.1 Å². The van der Waals surface area contributed by atoms with E-state index >= 15 is 0 Å². The Hall–Kier alpha value is -0.970. The van der Waals surface area contributed by atoms with Crippen LogP contribution in [0, 0.1) is 5.41 Å². The van der Waals surface area contributed by atoms with Crippen LogP contribution < -0.4 is 5.32 Å². The van der Waals surface area contributed by atoms with E-state index in [4.69, 9.17) is 0 Å². The van der Waals surface area contributed by atoms with Gasteiger partial charge in [-0.3, -0.25) is 4.79 Å². The number of amides is 1. The topological polar surface area (TPSA) is 46.9 Å². The molecule has 1 amide bonds. The van der Waals surface area contributed by atoms with Crippen LogP contribution in [0.2, 0.25) is 0 Å². The Morgan fingerprint density at radius 2 is 2.35 bits per heavy atom. The Morgan fingerprint density at radius 3 is 2.94 bits per heavy atom. The van der Waals surface area contributed by atoms with Crippen molar-refractivity contribution in [2.75, 3.05) is 12.3 Å². The molecule has 0 aliphatic heterocycles. The van der Waals surface area contributed by atoms with Crippen molar-refractivity contribution in [3.05, 3.63) is 18.7 Å². The standard InChI is InChI=1S/C12H19N3OS/c16-11(8-12(9-17)2-3-12)14-4-1-6-15-7-5-13-10-15/h5,7,10,17H,1-4,6,8-9H2,(H,14,16). The van der Waals surface area contributed by atoms with Gasteiger partial charge >= 0.3 is 0 Å². The predicted octanol–water partition coefficient (Wildman–Crippen LogP) is 1.49. The highest BCUT2D eigenvalue weighted by Crippen LogP contribution is 2.49. The fourth-order valence-electron chi connectivity index (χ4n) is 1.88. The molecule has 0 bridgehead atoms. The second-order valence-electron chi connectivity index (χ2n) is 4.84. The van der Waals surface area contributed by atoms with Crippen molar-refractivity contribution in [3.63, 3.8) is 0 Å². The lowest BCUT2D eigenvalue weighted by atomic mass is 10.1. The number of rotatable bonds is 7. The summed E-state index contributed by atoms with van der Waals surface area (Å²) in [4.78, 5) is 15.6. The fourth-order valence-corrected chi connectivity index (χ4v) is 2.31. The van der Waals surface area contributed by atoms with E-state index in [0.29, 0.717) is 6.42 Å². The van der Waals surface area contributed by atoms with Crippen LogP contribution in [0.4, 0.5) is 0 Å². The summed E-state index contributed by atoms with van der Waals surface area (Å²) in [5.74, 6) is 0.998. The number of nitrogens with zero attached hydrogens (tertiary/aromatic N) is 2. The van der Waals surface area contributed by atoms with E-state index in [1.54, 1.807) is 12.5 Å². The highest BCUT2D eigenvalue weighted by atomic mass is 32.1. The number of carbonyl (C=O) groups excluding carboxylic acids is 1. The second-order valence-corrected chi connectivity index (χ2v) is 5.16. The smallest absolute Gasteiger partial charge is 0.220 e. The summed E-state index contributed by atoms with van der Waals surface area (Å²) in [6.45, 7) is 1.64. The summed E-state index contributed by atoms with van der Waals surface area (Å²) < 4.78 is 2.02. The first-order chi connectivity index (χ1) is 8.24. The molecule has 0 saturated heterocycles. The summed E-state index contributed by atoms with van der Waals surface area (Å²) >= 11 is 4.30. The third kappa shape index (κ3) is 3.77. The molecule has 0 spiro atoms. The van der Waals surface area contributed by atoms with Gasteiger partial charge in [0, 0.05) is 31.9 Å². The summed E-state index contributed by atoms with van der Waals surface area (Å²) in [7, 11) is 0. The maximum atomic E-state index is 11.7. The van der Waals surface area contributed by atoms with Gasteiger partial charge in [-0.1, -0.05) is 0 Å². The quantitative estimate of drug-likeness (QED) is 0.571. The molecule has 1 fully saturated rings. The molecule has 94 valence electrons. The predicted molar refractivity (Wildman–Crippen MR) is 70.0 cm³/mol. The van der Waals surface area contributed by atoms with Gasteiger partial charge in [-0.2, -0.15) is 12.6 Å². The van der Waals surface area contributed by atoms with Crippen LogP contribution in [0.3, 0.4) is 0 Å². The highest BCUT2D eigenvalue weighted by molar-refractivity contribution is 7.80. The van der Waals surface area contributed by atoms with Crippen molar-refractivity contribution in [2.24, 2.45) is 5.41 Å². The first kappa shape index (κ1) is 12.5. The van der Waals surface area contributed by atoms with Gasteiger partial charge in [0.25, 0.3) is 0 Å². The molecule has 1 aromatic rings. The number of aromatic nitrogens is 2. The number of thiol groups is 1. The van der Waals surface area contributed by atoms with Gasteiger partial charge in [-0.15, -0.1) is 0 Å². The molecule has 17 heavy (non-hydrogen) atoms. The zero-order valence-electron chi connectivity index (χ0n) is 9.93. The van der Waals surface area contributed by atoms with Gasteiger partial charge in [0.15, 0.2) is 0 Å². The maximum Gasteiger partial charge on any atom is 0.220 e. The van der Waals surface area contributed by atoms with Crippen LogP contribution in [0.5, 0.6) is 0 Å². The number of hydrogen-bond acceptors (Lipinski definition) is 3. The van der Waals surface area contributed by atoms with Crippen LogP contribution >= 0.6 is 12.6 Å². The van der Waals surface area contributed by atoms with Crippen LogP contribution in [-0.4, -0.2) is 27.8 Å². The number of aryl methyl sites for hydroxylation is 1. The summed E-state index contributed by atoms with van der Waals surface area (Å²) in [6.07, 6.45) is 9.38. The Bertz CT molecular complexity index is 360. The third-order valence-corrected chi connectivity index (χ3v) is 3.97. The lowest BCUT2D eigenvalue weighted by Gasteiger charge is -2.11. The van der Waals surface area contributed by atoms with E-state index < -0.39 is 0 Å². The lowest BCUT2D eigenvalue weighted by Crippen LogP contribution is -2.28. The van der Waals surface area contributed by atoms with Gasteiger partial charge in [0.05, 0.1) is 6.33 Å². The first-order valence-electron chi connectivity index (χ1n) is 6.07. The van der Waals surface area contributed by atoms with Crippen molar-refractivity contribution in [1.82, 2.24) is 14.9 Å². The lowest BCUT2D eigenvalue weighted by molar-refractivity contribution is -0.122. The molecule has 1 aromatic heterocycles. The molecule has 2 rings (SSSR count). The molecule has 1 saturated carbocycles. The third-order valence-electron chi connectivity index (χ3n) is 3.30. The van der Waals surface area contributed by atoms with E-state index in [2.05, 4.69) is 22.9 Å². The summed E-state index contributed by atoms with van der Waals surface area (Å²) in [5, 5.41) is 2.97. The molecule has 1 heterocycles. The maximum absolute atomic E-state index is 11.7. The van der Waals surface area contributed by atoms with E-state index in [9.17, 15) is 4.79 Å². The average molecular weight is 253 g/mol. The van der Waals surface area contributed by atoms with Gasteiger partial charge in [0.1, 0.15) is 0 Å². The second kappa shape index (κ2) is 5.58. The SMILES string of the molecule is O=C(CC1(CS)CC1)NCCCn1ccnc1. The molecular formula is C12H19N3OS. The van der Waals surface area contributed by atoms with E-state index in [1.807, 2.05) is 10.8 Å². The van der Waals surface area contributed by atoms with Crippen molar-refractivity contribution in [3.8, 4) is 0 Å². The highest BCUT2D eigenvalue weighted by Gasteiger charge is 2.42. The molecule has 0 unspecified atom stereocenters. The Balaban J connectivity index is 1.57. The van der Waals surface area contributed by atoms with Crippen LogP contribution in [0.25, 0.3) is 0 Å².